The molecule has 0 heterocycles. The maximum atomic E-state index is 12.7. The van der Waals surface area contributed by atoms with Crippen molar-refractivity contribution in [3.05, 3.63) is 33.8 Å². The fourth-order valence-electron chi connectivity index (χ4n) is 0.723. The number of rotatable bonds is 1. The average molecular weight is 240 g/mol. The largest absolute Gasteiger partial charge is 0.391 e. The van der Waals surface area contributed by atoms with Crippen LogP contribution in [0.4, 0.5) is 8.78 Å². The first-order valence-electron chi connectivity index (χ1n) is 2.89. The van der Waals surface area contributed by atoms with Crippen LogP contribution in [0.3, 0.4) is 0 Å². The van der Waals surface area contributed by atoms with Crippen molar-refractivity contribution in [1.82, 2.24) is 6.15 Å². The molecule has 12 heavy (non-hydrogen) atoms. The predicted octanol–water partition coefficient (Wildman–Crippen LogP) is 2.38. The van der Waals surface area contributed by atoms with Crippen LogP contribution in [0.25, 0.3) is 0 Å². The minimum Gasteiger partial charge on any atom is -0.391 e. The van der Waals surface area contributed by atoms with Crippen LogP contribution in [0, 0.1) is 11.6 Å². The normalized spacial score (nSPS) is 9.33. The van der Waals surface area contributed by atoms with Gasteiger partial charge in [-0.1, -0.05) is 15.9 Å². The number of benzene rings is 1. The molecule has 5 heteroatoms. The first-order valence-corrected chi connectivity index (χ1v) is 3.68. The van der Waals surface area contributed by atoms with E-state index in [0.29, 0.717) is 4.47 Å². The summed E-state index contributed by atoms with van der Waals surface area (Å²) in [4.78, 5) is 0. The molecule has 0 aliphatic heterocycles. The molecule has 1 rings (SSSR count). The predicted molar refractivity (Wildman–Crippen MR) is 45.0 cm³/mol. The number of hydrogen-bond acceptors (Lipinski definition) is 2. The average Bonchev–Trinajstić information content (AvgIpc) is 1.85. The monoisotopic (exact) mass is 239 g/mol. The Morgan fingerprint density at radius 1 is 1.25 bits per heavy atom. The minimum absolute atomic E-state index is 0. The van der Waals surface area contributed by atoms with E-state index in [2.05, 4.69) is 15.9 Å². The molecule has 0 spiro atoms. The molecule has 0 aliphatic carbocycles. The zero-order valence-corrected chi connectivity index (χ0v) is 7.74. The Bertz CT molecular complexity index is 257. The van der Waals surface area contributed by atoms with Gasteiger partial charge in [0.1, 0.15) is 11.6 Å². The van der Waals surface area contributed by atoms with Crippen LogP contribution in [0.5, 0.6) is 0 Å². The Kier molecular flexibility index (Phi) is 4.30. The van der Waals surface area contributed by atoms with E-state index < -0.39 is 18.2 Å². The van der Waals surface area contributed by atoms with Crippen LogP contribution in [0.1, 0.15) is 5.56 Å². The van der Waals surface area contributed by atoms with Crippen LogP contribution in [-0.2, 0) is 6.61 Å². The second-order valence-electron chi connectivity index (χ2n) is 2.01. The van der Waals surface area contributed by atoms with Crippen molar-refractivity contribution < 1.29 is 13.9 Å². The van der Waals surface area contributed by atoms with Gasteiger partial charge in [0, 0.05) is 10.0 Å². The van der Waals surface area contributed by atoms with Crippen LogP contribution in [0.15, 0.2) is 16.6 Å². The number of aliphatic hydroxyl groups is 1. The van der Waals surface area contributed by atoms with E-state index in [1.807, 2.05) is 0 Å². The molecule has 2 nitrogen and oxygen atoms in total. The fourth-order valence-corrected chi connectivity index (χ4v) is 1.13. The second-order valence-corrected chi connectivity index (χ2v) is 2.92. The van der Waals surface area contributed by atoms with Crippen molar-refractivity contribution in [3.63, 3.8) is 0 Å². The van der Waals surface area contributed by atoms with E-state index in [9.17, 15) is 8.78 Å². The second kappa shape index (κ2) is 4.49. The molecular weight excluding hydrogens is 232 g/mol. The van der Waals surface area contributed by atoms with Crippen molar-refractivity contribution in [1.29, 1.82) is 0 Å². The summed E-state index contributed by atoms with van der Waals surface area (Å²) in [6.07, 6.45) is 0. The molecule has 0 saturated carbocycles. The van der Waals surface area contributed by atoms with Gasteiger partial charge in [0.25, 0.3) is 0 Å². The highest BCUT2D eigenvalue weighted by atomic mass is 79.9. The number of hydrogen-bond donors (Lipinski definition) is 2. The van der Waals surface area contributed by atoms with Crippen LogP contribution in [0.2, 0.25) is 0 Å². The third kappa shape index (κ3) is 2.23. The highest BCUT2D eigenvalue weighted by molar-refractivity contribution is 9.10. The van der Waals surface area contributed by atoms with E-state index in [0.717, 1.165) is 12.1 Å². The van der Waals surface area contributed by atoms with Gasteiger partial charge in [-0.15, -0.1) is 0 Å². The molecule has 0 amide bonds. The van der Waals surface area contributed by atoms with E-state index in [1.165, 1.54) is 0 Å². The first-order chi connectivity index (χ1) is 5.15. The highest BCUT2D eigenvalue weighted by Crippen LogP contribution is 2.18. The summed E-state index contributed by atoms with van der Waals surface area (Å²) < 4.78 is 25.7. The molecule has 4 N–H and O–H groups in total. The topological polar surface area (TPSA) is 55.2 Å². The highest BCUT2D eigenvalue weighted by Gasteiger charge is 2.08. The van der Waals surface area contributed by atoms with Crippen molar-refractivity contribution >= 4 is 15.9 Å². The molecule has 0 unspecified atom stereocenters. The minimum atomic E-state index is -0.737. The van der Waals surface area contributed by atoms with Gasteiger partial charge in [-0.25, -0.2) is 8.78 Å². The number of halogens is 3. The summed E-state index contributed by atoms with van der Waals surface area (Å²) in [6.45, 7) is -0.620. The lowest BCUT2D eigenvalue weighted by Gasteiger charge is -2.00. The SMILES string of the molecule is N.OCc1c(F)cc(Br)cc1F. The Balaban J connectivity index is 0.00000121. The Labute approximate surface area is 76.9 Å². The Morgan fingerprint density at radius 2 is 1.67 bits per heavy atom. The van der Waals surface area contributed by atoms with Crippen LogP contribution >= 0.6 is 15.9 Å². The van der Waals surface area contributed by atoms with Gasteiger partial charge in [0.2, 0.25) is 0 Å². The van der Waals surface area contributed by atoms with Gasteiger partial charge in [-0.2, -0.15) is 0 Å². The van der Waals surface area contributed by atoms with E-state index in [4.69, 9.17) is 5.11 Å². The van der Waals surface area contributed by atoms with Crippen molar-refractivity contribution in [3.8, 4) is 0 Å². The third-order valence-corrected chi connectivity index (χ3v) is 1.72. The van der Waals surface area contributed by atoms with Crippen LogP contribution < -0.4 is 6.15 Å². The molecule has 1 aromatic carbocycles. The maximum absolute atomic E-state index is 12.7. The summed E-state index contributed by atoms with van der Waals surface area (Å²) in [5.74, 6) is -1.47. The van der Waals surface area contributed by atoms with E-state index >= 15 is 0 Å². The van der Waals surface area contributed by atoms with Gasteiger partial charge in [-0.3, -0.25) is 0 Å². The molecule has 0 aromatic heterocycles. The van der Waals surface area contributed by atoms with Gasteiger partial charge in [-0.05, 0) is 12.1 Å². The smallest absolute Gasteiger partial charge is 0.132 e. The third-order valence-electron chi connectivity index (χ3n) is 1.26. The van der Waals surface area contributed by atoms with Gasteiger partial charge >= 0.3 is 0 Å². The fraction of sp³-hybridized carbons (Fsp3) is 0.143. The Hall–Kier alpha value is -0.520. The molecule has 0 fully saturated rings. The van der Waals surface area contributed by atoms with E-state index in [-0.39, 0.29) is 11.7 Å². The summed E-state index contributed by atoms with van der Waals surface area (Å²) in [6, 6.07) is 2.21. The van der Waals surface area contributed by atoms with Gasteiger partial charge < -0.3 is 11.3 Å². The van der Waals surface area contributed by atoms with Gasteiger partial charge in [0.15, 0.2) is 0 Å². The molecule has 0 radical (unpaired) electrons. The van der Waals surface area contributed by atoms with Crippen molar-refractivity contribution in [2.75, 3.05) is 0 Å². The standard InChI is InChI=1S/C7H5BrF2O.H3N/c8-4-1-6(9)5(3-11)7(10)2-4;/h1-2,11H,3H2;1H3. The van der Waals surface area contributed by atoms with Crippen LogP contribution in [-0.4, -0.2) is 5.11 Å². The van der Waals surface area contributed by atoms with Crippen molar-refractivity contribution in [2.24, 2.45) is 0 Å². The lowest BCUT2D eigenvalue weighted by atomic mass is 10.2. The Morgan fingerprint density at radius 3 is 2.00 bits per heavy atom. The molecular formula is C7H8BrF2NO. The lowest BCUT2D eigenvalue weighted by Crippen LogP contribution is -1.94. The summed E-state index contributed by atoms with van der Waals surface area (Å²) in [5.41, 5.74) is -0.298. The van der Waals surface area contributed by atoms with E-state index in [1.54, 1.807) is 0 Å². The maximum Gasteiger partial charge on any atom is 0.132 e. The van der Waals surface area contributed by atoms with Gasteiger partial charge in [0.05, 0.1) is 6.61 Å². The zero-order chi connectivity index (χ0) is 8.43. The molecule has 0 aliphatic rings. The zero-order valence-electron chi connectivity index (χ0n) is 6.15. The molecule has 68 valence electrons. The summed E-state index contributed by atoms with van der Waals surface area (Å²) in [7, 11) is 0. The molecule has 0 bridgehead atoms. The number of aliphatic hydroxyl groups excluding tert-OH is 1. The summed E-state index contributed by atoms with van der Waals surface area (Å²) in [5, 5.41) is 8.49. The molecule has 1 aromatic rings. The quantitative estimate of drug-likeness (QED) is 0.791. The summed E-state index contributed by atoms with van der Waals surface area (Å²) >= 11 is 2.91. The first kappa shape index (κ1) is 11.5. The van der Waals surface area contributed by atoms with Crippen molar-refractivity contribution in [2.45, 2.75) is 6.61 Å². The molecule has 0 saturated heterocycles. The lowest BCUT2D eigenvalue weighted by molar-refractivity contribution is 0.269. The molecule has 0 atom stereocenters.